The van der Waals surface area contributed by atoms with Gasteiger partial charge in [0.25, 0.3) is 0 Å². The average molecular weight is 287 g/mol. The lowest BCUT2D eigenvalue weighted by Crippen LogP contribution is -2.45. The highest BCUT2D eigenvalue weighted by Crippen LogP contribution is 1.98. The second-order valence-electron chi connectivity index (χ2n) is 4.03. The topological polar surface area (TPSA) is 112 Å². The first-order chi connectivity index (χ1) is 9.54. The molecule has 0 radical (unpaired) electrons. The number of methoxy groups -OCH3 is 2. The molecule has 1 unspecified atom stereocenters. The molecule has 0 aromatic heterocycles. The van der Waals surface area contributed by atoms with Gasteiger partial charge in [-0.3, -0.25) is 4.79 Å². The van der Waals surface area contributed by atoms with Crippen LogP contribution in [0.1, 0.15) is 12.8 Å². The molecule has 0 fully saturated rings. The molecule has 0 aromatic rings. The third kappa shape index (κ3) is 8.29. The van der Waals surface area contributed by atoms with E-state index in [9.17, 15) is 9.59 Å². The zero-order chi connectivity index (χ0) is 15.4. The van der Waals surface area contributed by atoms with Crippen LogP contribution in [0.4, 0.5) is 4.79 Å². The molecule has 0 aliphatic carbocycles. The van der Waals surface area contributed by atoms with Gasteiger partial charge in [-0.25, -0.2) is 4.79 Å². The van der Waals surface area contributed by atoms with Crippen LogP contribution in [-0.2, 0) is 14.3 Å². The maximum Gasteiger partial charge on any atom is 0.317 e. The Labute approximate surface area is 118 Å². The molecule has 0 saturated carbocycles. The fourth-order valence-corrected chi connectivity index (χ4v) is 1.45. The number of hydrogen-bond acceptors (Lipinski definition) is 5. The second kappa shape index (κ2) is 11.0. The number of urea groups is 1. The summed E-state index contributed by atoms with van der Waals surface area (Å²) in [6.07, 6.45) is -0.552. The molecule has 8 nitrogen and oxygen atoms in total. The summed E-state index contributed by atoms with van der Waals surface area (Å²) in [5, 5.41) is 19.8. The van der Waals surface area contributed by atoms with Crippen LogP contribution in [0, 0.1) is 11.3 Å². The zero-order valence-electron chi connectivity index (χ0n) is 11.8. The molecule has 0 aromatic carbocycles. The van der Waals surface area contributed by atoms with Gasteiger partial charge in [-0.05, 0) is 0 Å². The van der Waals surface area contributed by atoms with E-state index in [-0.39, 0.29) is 25.4 Å². The molecule has 0 bridgehead atoms. The van der Waals surface area contributed by atoms with E-state index in [1.807, 2.05) is 6.07 Å². The minimum atomic E-state index is -0.994. The molecule has 0 aliphatic heterocycles. The summed E-state index contributed by atoms with van der Waals surface area (Å²) < 4.78 is 9.86. The maximum atomic E-state index is 11.9. The van der Waals surface area contributed by atoms with E-state index in [0.29, 0.717) is 19.7 Å². The molecule has 0 saturated heterocycles. The SMILES string of the molecule is COCCN(CCC#N)C(=O)NCC(CC(=O)O)OC. The summed E-state index contributed by atoms with van der Waals surface area (Å²) in [5.74, 6) is -0.994. The number of rotatable bonds is 10. The third-order valence-electron chi connectivity index (χ3n) is 2.56. The van der Waals surface area contributed by atoms with Crippen molar-refractivity contribution in [3.8, 4) is 6.07 Å². The van der Waals surface area contributed by atoms with Crippen molar-refractivity contribution in [1.29, 1.82) is 5.26 Å². The number of ether oxygens (including phenoxy) is 2. The number of carboxylic acids is 1. The number of carbonyl (C=O) groups excluding carboxylic acids is 1. The van der Waals surface area contributed by atoms with Crippen LogP contribution in [0.3, 0.4) is 0 Å². The standard InChI is InChI=1S/C12H21N3O5/c1-19-7-6-15(5-3-4-13)12(18)14-9-10(20-2)8-11(16)17/h10H,3,5-9H2,1-2H3,(H,14,18)(H,16,17). The van der Waals surface area contributed by atoms with Crippen LogP contribution in [-0.4, -0.2) is 68.6 Å². The fourth-order valence-electron chi connectivity index (χ4n) is 1.45. The predicted octanol–water partition coefficient (Wildman–Crippen LogP) is 0.0478. The smallest absolute Gasteiger partial charge is 0.317 e. The highest BCUT2D eigenvalue weighted by Gasteiger charge is 2.17. The quantitative estimate of drug-likeness (QED) is 0.587. The minimum absolute atomic E-state index is 0.0949. The number of aliphatic carboxylic acids is 1. The Morgan fingerprint density at radius 2 is 2.10 bits per heavy atom. The van der Waals surface area contributed by atoms with Gasteiger partial charge in [-0.1, -0.05) is 0 Å². The van der Waals surface area contributed by atoms with Crippen molar-refractivity contribution in [3.05, 3.63) is 0 Å². The van der Waals surface area contributed by atoms with Crippen molar-refractivity contribution in [2.45, 2.75) is 18.9 Å². The normalized spacial score (nSPS) is 11.4. The van der Waals surface area contributed by atoms with Gasteiger partial charge in [0.1, 0.15) is 0 Å². The van der Waals surface area contributed by atoms with E-state index in [2.05, 4.69) is 5.32 Å². The Kier molecular flexibility index (Phi) is 10.00. The molecule has 0 rings (SSSR count). The highest BCUT2D eigenvalue weighted by atomic mass is 16.5. The first-order valence-electron chi connectivity index (χ1n) is 6.18. The Bertz CT molecular complexity index is 342. The van der Waals surface area contributed by atoms with Crippen LogP contribution in [0.5, 0.6) is 0 Å². The number of hydrogen-bond donors (Lipinski definition) is 2. The minimum Gasteiger partial charge on any atom is -0.481 e. The van der Waals surface area contributed by atoms with Crippen molar-refractivity contribution in [3.63, 3.8) is 0 Å². The molecule has 114 valence electrons. The summed E-state index contributed by atoms with van der Waals surface area (Å²) in [6, 6.07) is 1.60. The second-order valence-corrected chi connectivity index (χ2v) is 4.03. The Morgan fingerprint density at radius 1 is 1.40 bits per heavy atom. The van der Waals surface area contributed by atoms with Crippen LogP contribution in [0.25, 0.3) is 0 Å². The van der Waals surface area contributed by atoms with E-state index in [4.69, 9.17) is 19.8 Å². The van der Waals surface area contributed by atoms with Crippen LogP contribution >= 0.6 is 0 Å². The number of nitrogens with zero attached hydrogens (tertiary/aromatic N) is 2. The molecule has 0 heterocycles. The first kappa shape index (κ1) is 18.1. The number of carbonyl (C=O) groups is 2. The van der Waals surface area contributed by atoms with Gasteiger partial charge in [-0.2, -0.15) is 5.26 Å². The van der Waals surface area contributed by atoms with Crippen molar-refractivity contribution in [1.82, 2.24) is 10.2 Å². The van der Waals surface area contributed by atoms with Gasteiger partial charge in [0.05, 0.1) is 31.6 Å². The summed E-state index contributed by atoms with van der Waals surface area (Å²) in [5.41, 5.74) is 0. The molecule has 1 atom stereocenters. The molecule has 8 heteroatoms. The molecule has 2 amide bonds. The number of nitrogens with one attached hydrogen (secondary N) is 1. The monoisotopic (exact) mass is 287 g/mol. The largest absolute Gasteiger partial charge is 0.481 e. The summed E-state index contributed by atoms with van der Waals surface area (Å²) in [6.45, 7) is 1.11. The molecule has 2 N–H and O–H groups in total. The Balaban J connectivity index is 4.28. The highest BCUT2D eigenvalue weighted by molar-refractivity contribution is 5.74. The summed E-state index contributed by atoms with van der Waals surface area (Å²) in [4.78, 5) is 23.9. The van der Waals surface area contributed by atoms with Gasteiger partial charge in [0, 0.05) is 33.9 Å². The Morgan fingerprint density at radius 3 is 2.60 bits per heavy atom. The van der Waals surface area contributed by atoms with E-state index in [0.717, 1.165) is 0 Å². The van der Waals surface area contributed by atoms with Gasteiger partial charge < -0.3 is 24.8 Å². The van der Waals surface area contributed by atoms with Gasteiger partial charge in [0.15, 0.2) is 0 Å². The van der Waals surface area contributed by atoms with E-state index >= 15 is 0 Å². The maximum absolute atomic E-state index is 11.9. The van der Waals surface area contributed by atoms with E-state index in [1.54, 1.807) is 0 Å². The van der Waals surface area contributed by atoms with Crippen LogP contribution in [0.15, 0.2) is 0 Å². The molecular weight excluding hydrogens is 266 g/mol. The first-order valence-corrected chi connectivity index (χ1v) is 6.18. The average Bonchev–Trinajstić information content (AvgIpc) is 2.42. The molecule has 0 spiro atoms. The number of amides is 2. The van der Waals surface area contributed by atoms with Gasteiger partial charge in [-0.15, -0.1) is 0 Å². The number of nitriles is 1. The van der Waals surface area contributed by atoms with E-state index in [1.165, 1.54) is 19.1 Å². The van der Waals surface area contributed by atoms with Crippen LogP contribution in [0.2, 0.25) is 0 Å². The Hall–Kier alpha value is -1.85. The molecule has 20 heavy (non-hydrogen) atoms. The summed E-state index contributed by atoms with van der Waals surface area (Å²) in [7, 11) is 2.91. The van der Waals surface area contributed by atoms with Crippen LogP contribution < -0.4 is 5.32 Å². The lowest BCUT2D eigenvalue weighted by atomic mass is 10.2. The molecular formula is C12H21N3O5. The van der Waals surface area contributed by atoms with Gasteiger partial charge in [0.2, 0.25) is 0 Å². The van der Waals surface area contributed by atoms with Crippen molar-refractivity contribution in [2.24, 2.45) is 0 Å². The number of carboxylic acid groups (broad SMARTS) is 1. The van der Waals surface area contributed by atoms with Crippen molar-refractivity contribution in [2.75, 3.05) is 40.5 Å². The zero-order valence-corrected chi connectivity index (χ0v) is 11.8. The predicted molar refractivity (Wildman–Crippen MR) is 70.1 cm³/mol. The van der Waals surface area contributed by atoms with Crippen molar-refractivity contribution >= 4 is 12.0 Å². The third-order valence-corrected chi connectivity index (χ3v) is 2.56. The lowest BCUT2D eigenvalue weighted by Gasteiger charge is -2.23. The van der Waals surface area contributed by atoms with Crippen molar-refractivity contribution < 1.29 is 24.2 Å². The lowest BCUT2D eigenvalue weighted by molar-refractivity contribution is -0.139. The van der Waals surface area contributed by atoms with Gasteiger partial charge >= 0.3 is 12.0 Å². The fraction of sp³-hybridized carbons (Fsp3) is 0.750. The molecule has 0 aliphatic rings. The summed E-state index contributed by atoms with van der Waals surface area (Å²) >= 11 is 0. The van der Waals surface area contributed by atoms with E-state index < -0.39 is 12.1 Å².